The zero-order chi connectivity index (χ0) is 24.8. The summed E-state index contributed by atoms with van der Waals surface area (Å²) < 4.78 is 14.1. The molecule has 0 bridgehead atoms. The van der Waals surface area contributed by atoms with Crippen LogP contribution >= 0.6 is 0 Å². The van der Waals surface area contributed by atoms with Gasteiger partial charge in [-0.05, 0) is 73.7 Å². The molecule has 0 amide bonds. The summed E-state index contributed by atoms with van der Waals surface area (Å²) in [6.07, 6.45) is 4.28. The van der Waals surface area contributed by atoms with Crippen LogP contribution in [0.2, 0.25) is 0 Å². The van der Waals surface area contributed by atoms with Gasteiger partial charge in [-0.15, -0.1) is 0 Å². The lowest BCUT2D eigenvalue weighted by atomic mass is 9.96. The van der Waals surface area contributed by atoms with E-state index in [0.29, 0.717) is 12.5 Å². The molecule has 1 saturated heterocycles. The van der Waals surface area contributed by atoms with Crippen LogP contribution in [-0.4, -0.2) is 67.3 Å². The molecule has 0 aliphatic carbocycles. The number of benzene rings is 2. The molecule has 2 aromatic heterocycles. The van der Waals surface area contributed by atoms with E-state index in [1.807, 2.05) is 25.1 Å². The number of halogens is 1. The molecule has 2 aliphatic heterocycles. The van der Waals surface area contributed by atoms with Crippen molar-refractivity contribution in [2.75, 3.05) is 26.2 Å². The number of nitrogens with one attached hydrogen (secondary N) is 2. The second-order valence-corrected chi connectivity index (χ2v) is 10.2. The number of phenols is 1. The van der Waals surface area contributed by atoms with Crippen molar-refractivity contribution in [3.63, 3.8) is 0 Å². The quantitative estimate of drug-likeness (QED) is 0.361. The molecule has 7 nitrogen and oxygen atoms in total. The van der Waals surface area contributed by atoms with Gasteiger partial charge in [0.15, 0.2) is 17.4 Å². The summed E-state index contributed by atoms with van der Waals surface area (Å²) in [5, 5.41) is 18.5. The Morgan fingerprint density at radius 3 is 2.86 bits per heavy atom. The van der Waals surface area contributed by atoms with Crippen molar-refractivity contribution in [1.29, 1.82) is 0 Å². The number of likely N-dealkylation sites (tertiary alicyclic amines) is 1. The highest BCUT2D eigenvalue weighted by Gasteiger charge is 2.25. The van der Waals surface area contributed by atoms with E-state index in [9.17, 15) is 9.50 Å². The lowest BCUT2D eigenvalue weighted by Crippen LogP contribution is -2.39. The number of hydrogen-bond donors (Lipinski definition) is 3. The monoisotopic (exact) mass is 488 g/mol. The van der Waals surface area contributed by atoms with Crippen molar-refractivity contribution in [1.82, 2.24) is 30.0 Å². The molecule has 36 heavy (non-hydrogen) atoms. The van der Waals surface area contributed by atoms with Crippen LogP contribution in [0.5, 0.6) is 5.75 Å². The maximum Gasteiger partial charge on any atom is 0.165 e. The second kappa shape index (κ2) is 9.33. The first-order valence-electron chi connectivity index (χ1n) is 13.0. The lowest BCUT2D eigenvalue weighted by molar-refractivity contribution is 0.187. The molecule has 0 unspecified atom stereocenters. The Bertz CT molecular complexity index is 1410. The molecule has 4 heterocycles. The highest BCUT2D eigenvalue weighted by atomic mass is 19.1. The largest absolute Gasteiger partial charge is 0.505 e. The molecular formula is C28H33FN6O. The summed E-state index contributed by atoms with van der Waals surface area (Å²) in [6, 6.07) is 9.61. The van der Waals surface area contributed by atoms with E-state index in [-0.39, 0.29) is 5.75 Å². The molecule has 1 atom stereocenters. The summed E-state index contributed by atoms with van der Waals surface area (Å²) in [5.41, 5.74) is 6.56. The highest BCUT2D eigenvalue weighted by Crippen LogP contribution is 2.34. The minimum Gasteiger partial charge on any atom is -0.505 e. The first-order chi connectivity index (χ1) is 17.5. The van der Waals surface area contributed by atoms with Gasteiger partial charge in [-0.1, -0.05) is 13.0 Å². The molecule has 8 heteroatoms. The predicted molar refractivity (Wildman–Crippen MR) is 139 cm³/mol. The molecule has 0 spiro atoms. The fourth-order valence-corrected chi connectivity index (χ4v) is 5.78. The van der Waals surface area contributed by atoms with Gasteiger partial charge in [-0.3, -0.25) is 14.9 Å². The Labute approximate surface area is 210 Å². The predicted octanol–water partition coefficient (Wildman–Crippen LogP) is 4.87. The van der Waals surface area contributed by atoms with Crippen LogP contribution in [0.4, 0.5) is 4.39 Å². The third-order valence-corrected chi connectivity index (χ3v) is 7.96. The van der Waals surface area contributed by atoms with E-state index >= 15 is 0 Å². The van der Waals surface area contributed by atoms with Crippen LogP contribution in [-0.2, 0) is 19.4 Å². The molecule has 0 saturated carbocycles. The molecule has 1 fully saturated rings. The zero-order valence-corrected chi connectivity index (χ0v) is 20.9. The molecule has 2 aliphatic rings. The van der Waals surface area contributed by atoms with Crippen molar-refractivity contribution in [3.8, 4) is 28.4 Å². The van der Waals surface area contributed by atoms with Crippen molar-refractivity contribution in [2.45, 2.75) is 52.1 Å². The summed E-state index contributed by atoms with van der Waals surface area (Å²) in [7, 11) is 0. The Morgan fingerprint density at radius 1 is 1.17 bits per heavy atom. The second-order valence-electron chi connectivity index (χ2n) is 10.2. The minimum absolute atomic E-state index is 0.313. The Balaban J connectivity index is 1.23. The van der Waals surface area contributed by atoms with Gasteiger partial charge in [0.2, 0.25) is 0 Å². The van der Waals surface area contributed by atoms with E-state index in [1.165, 1.54) is 37.2 Å². The first kappa shape index (κ1) is 23.2. The van der Waals surface area contributed by atoms with E-state index in [1.54, 1.807) is 0 Å². The van der Waals surface area contributed by atoms with E-state index < -0.39 is 5.82 Å². The third-order valence-electron chi connectivity index (χ3n) is 7.96. The first-order valence-corrected chi connectivity index (χ1v) is 13.0. The van der Waals surface area contributed by atoms with Crippen molar-refractivity contribution in [2.24, 2.45) is 0 Å². The number of aromatic hydroxyl groups is 1. The SMILES string of the molecule is CCc1cc(O)c(F)cc1-c1ccc2c(-c3nc4c([nH]3)CN(CCN3CCC[C@@H]3C)CC4)n[nH]c2c1. The minimum atomic E-state index is -0.613. The fourth-order valence-electron chi connectivity index (χ4n) is 5.78. The summed E-state index contributed by atoms with van der Waals surface area (Å²) in [6.45, 7) is 9.71. The van der Waals surface area contributed by atoms with Gasteiger partial charge in [-0.2, -0.15) is 5.10 Å². The number of fused-ring (bicyclic) bond motifs is 2. The van der Waals surface area contributed by atoms with Crippen molar-refractivity contribution < 1.29 is 9.50 Å². The van der Waals surface area contributed by atoms with Crippen LogP contribution in [0.3, 0.4) is 0 Å². The smallest absolute Gasteiger partial charge is 0.165 e. The topological polar surface area (TPSA) is 84.1 Å². The number of phenolic OH excluding ortho intramolecular Hbond substituents is 1. The number of aryl methyl sites for hydroxylation is 1. The van der Waals surface area contributed by atoms with E-state index in [2.05, 4.69) is 31.9 Å². The fraction of sp³-hybridized carbons (Fsp3) is 0.429. The number of aromatic nitrogens is 4. The number of H-pyrrole nitrogens is 2. The Kier molecular flexibility index (Phi) is 6.01. The Hall–Kier alpha value is -3.23. The Morgan fingerprint density at radius 2 is 2.06 bits per heavy atom. The van der Waals surface area contributed by atoms with Gasteiger partial charge in [-0.25, -0.2) is 9.37 Å². The van der Waals surface area contributed by atoms with Gasteiger partial charge in [0, 0.05) is 44.0 Å². The van der Waals surface area contributed by atoms with E-state index in [0.717, 1.165) is 77.4 Å². The van der Waals surface area contributed by atoms with Gasteiger partial charge < -0.3 is 10.1 Å². The van der Waals surface area contributed by atoms with Crippen molar-refractivity contribution >= 4 is 10.9 Å². The van der Waals surface area contributed by atoms with Gasteiger partial charge in [0.1, 0.15) is 5.69 Å². The molecule has 3 N–H and O–H groups in total. The van der Waals surface area contributed by atoms with E-state index in [4.69, 9.17) is 4.98 Å². The standard InChI is InChI=1S/C28H33FN6O/c1-3-18-14-26(36)22(29)15-21(18)19-6-7-20-24(13-19)32-33-27(20)28-30-23-8-10-34(16-25(23)31-28)11-12-35-9-4-5-17(35)2/h6-7,13-15,17,36H,3-5,8-12,16H2,1-2H3,(H,30,31)(H,32,33)/t17-/m0/s1. The lowest BCUT2D eigenvalue weighted by Gasteiger charge is -2.29. The number of imidazole rings is 1. The molecule has 188 valence electrons. The van der Waals surface area contributed by atoms with Gasteiger partial charge in [0.25, 0.3) is 0 Å². The normalized spacial score (nSPS) is 18.8. The molecular weight excluding hydrogens is 455 g/mol. The summed E-state index contributed by atoms with van der Waals surface area (Å²) >= 11 is 0. The van der Waals surface area contributed by atoms with Crippen LogP contribution in [0.25, 0.3) is 33.5 Å². The number of rotatable bonds is 6. The molecule has 2 aromatic carbocycles. The highest BCUT2D eigenvalue weighted by molar-refractivity contribution is 5.94. The third kappa shape index (κ3) is 4.18. The average Bonchev–Trinajstić information content (AvgIpc) is 3.61. The zero-order valence-electron chi connectivity index (χ0n) is 20.9. The maximum atomic E-state index is 14.1. The summed E-state index contributed by atoms with van der Waals surface area (Å²) in [5.74, 6) is -0.136. The van der Waals surface area contributed by atoms with Crippen LogP contribution in [0, 0.1) is 5.82 Å². The molecule has 0 radical (unpaired) electrons. The molecule has 4 aromatic rings. The van der Waals surface area contributed by atoms with Crippen LogP contribution in [0.15, 0.2) is 30.3 Å². The van der Waals surface area contributed by atoms with Crippen LogP contribution < -0.4 is 0 Å². The van der Waals surface area contributed by atoms with Gasteiger partial charge in [0.05, 0.1) is 16.9 Å². The molecule has 6 rings (SSSR count). The maximum absolute atomic E-state index is 14.1. The number of aromatic amines is 2. The number of hydrogen-bond acceptors (Lipinski definition) is 5. The number of nitrogens with zero attached hydrogens (tertiary/aromatic N) is 4. The van der Waals surface area contributed by atoms with Gasteiger partial charge >= 0.3 is 0 Å². The summed E-state index contributed by atoms with van der Waals surface area (Å²) in [4.78, 5) is 13.6. The van der Waals surface area contributed by atoms with Crippen LogP contribution in [0.1, 0.15) is 43.6 Å². The van der Waals surface area contributed by atoms with Crippen molar-refractivity contribution in [3.05, 3.63) is 53.1 Å². The average molecular weight is 489 g/mol.